The molecule has 0 unspecified atom stereocenters. The molecule has 0 amide bonds. The van der Waals surface area contributed by atoms with Gasteiger partial charge in [0.05, 0.1) is 16.1 Å². The summed E-state index contributed by atoms with van der Waals surface area (Å²) in [6.07, 6.45) is 0. The summed E-state index contributed by atoms with van der Waals surface area (Å²) in [6, 6.07) is 8.44. The van der Waals surface area contributed by atoms with Gasteiger partial charge in [-0.3, -0.25) is 0 Å². The number of hydrogen-bond acceptors (Lipinski definition) is 2. The van der Waals surface area contributed by atoms with Gasteiger partial charge in [0.1, 0.15) is 0 Å². The molecule has 17 heavy (non-hydrogen) atoms. The van der Waals surface area contributed by atoms with Crippen molar-refractivity contribution >= 4 is 34.2 Å². The predicted molar refractivity (Wildman–Crippen MR) is 66.2 cm³/mol. The predicted octanol–water partition coefficient (Wildman–Crippen LogP) is 3.22. The lowest BCUT2D eigenvalue weighted by atomic mass is 10.3. The van der Waals surface area contributed by atoms with Crippen LogP contribution in [0.15, 0.2) is 39.5 Å². The molecule has 0 fully saturated rings. The second kappa shape index (κ2) is 3.68. The molecule has 0 aliphatic carbocycles. The summed E-state index contributed by atoms with van der Waals surface area (Å²) in [4.78, 5) is 14.5. The number of fused-ring (bicyclic) bond motifs is 1. The summed E-state index contributed by atoms with van der Waals surface area (Å²) in [5, 5.41) is 0.708. The monoisotopic (exact) mass is 268 g/mol. The molecular weight excluding hydrogens is 263 g/mol. The molecule has 2 heterocycles. The maximum Gasteiger partial charge on any atom is 0.333 e. The molecule has 0 saturated heterocycles. The van der Waals surface area contributed by atoms with Gasteiger partial charge >= 0.3 is 5.69 Å². The fourth-order valence-corrected chi connectivity index (χ4v) is 2.10. The van der Waals surface area contributed by atoms with E-state index < -0.39 is 0 Å². The van der Waals surface area contributed by atoms with Crippen molar-refractivity contribution in [1.29, 1.82) is 0 Å². The van der Waals surface area contributed by atoms with Crippen LogP contribution in [0.25, 0.3) is 16.9 Å². The Labute approximate surface area is 105 Å². The molecule has 0 bridgehead atoms. The molecular formula is C11H6Cl2N2O2. The Kier molecular flexibility index (Phi) is 2.28. The largest absolute Gasteiger partial charge is 0.428 e. The number of para-hydroxylation sites is 1. The quantitative estimate of drug-likeness (QED) is 0.737. The number of furan rings is 1. The maximum absolute atomic E-state index is 11.8. The lowest BCUT2D eigenvalue weighted by Gasteiger charge is -1.98. The molecule has 2 aromatic heterocycles. The highest BCUT2D eigenvalue weighted by Crippen LogP contribution is 2.24. The molecule has 0 atom stereocenters. The van der Waals surface area contributed by atoms with E-state index in [1.165, 1.54) is 4.57 Å². The highest BCUT2D eigenvalue weighted by atomic mass is 35.5. The third kappa shape index (κ3) is 1.57. The van der Waals surface area contributed by atoms with Gasteiger partial charge in [0.25, 0.3) is 0 Å². The number of nitrogens with zero attached hydrogens (tertiary/aromatic N) is 1. The van der Waals surface area contributed by atoms with E-state index in [0.717, 1.165) is 0 Å². The highest BCUT2D eigenvalue weighted by molar-refractivity contribution is 6.34. The van der Waals surface area contributed by atoms with Crippen molar-refractivity contribution in [2.45, 2.75) is 0 Å². The molecule has 0 spiro atoms. The van der Waals surface area contributed by atoms with Gasteiger partial charge in [-0.25, -0.2) is 9.36 Å². The van der Waals surface area contributed by atoms with Crippen molar-refractivity contribution < 1.29 is 4.42 Å². The Morgan fingerprint density at radius 3 is 2.71 bits per heavy atom. The van der Waals surface area contributed by atoms with Gasteiger partial charge in [0, 0.05) is 6.07 Å². The topological polar surface area (TPSA) is 50.9 Å². The molecule has 3 rings (SSSR count). The Morgan fingerprint density at radius 1 is 1.18 bits per heavy atom. The normalized spacial score (nSPS) is 11.2. The Bertz CT molecular complexity index is 754. The van der Waals surface area contributed by atoms with E-state index >= 15 is 0 Å². The van der Waals surface area contributed by atoms with Crippen molar-refractivity contribution in [2.75, 3.05) is 0 Å². The molecule has 0 saturated carbocycles. The van der Waals surface area contributed by atoms with Crippen molar-refractivity contribution in [1.82, 2.24) is 9.55 Å². The van der Waals surface area contributed by atoms with Crippen LogP contribution in [-0.4, -0.2) is 9.55 Å². The number of aromatic amines is 1. The van der Waals surface area contributed by atoms with Gasteiger partial charge < -0.3 is 9.40 Å². The number of aromatic nitrogens is 2. The fourth-order valence-electron chi connectivity index (χ4n) is 1.74. The van der Waals surface area contributed by atoms with E-state index in [1.54, 1.807) is 30.3 Å². The molecule has 3 aromatic rings. The first-order valence-electron chi connectivity index (χ1n) is 4.82. The SMILES string of the molecule is O=c1[nH]c2c(Cl)cccc2n1-c1ccc(Cl)o1. The summed E-state index contributed by atoms with van der Waals surface area (Å²) in [6.45, 7) is 0. The van der Waals surface area contributed by atoms with Gasteiger partial charge in [0.2, 0.25) is 5.88 Å². The van der Waals surface area contributed by atoms with E-state index in [-0.39, 0.29) is 10.9 Å². The summed E-state index contributed by atoms with van der Waals surface area (Å²) in [5.74, 6) is 0.355. The molecule has 0 radical (unpaired) electrons. The van der Waals surface area contributed by atoms with E-state index in [2.05, 4.69) is 4.98 Å². The van der Waals surface area contributed by atoms with Crippen molar-refractivity contribution in [3.05, 3.63) is 51.1 Å². The molecule has 1 aromatic carbocycles. The summed E-state index contributed by atoms with van der Waals surface area (Å²) >= 11 is 11.7. The Morgan fingerprint density at radius 2 is 2.00 bits per heavy atom. The minimum atomic E-state index is -0.320. The van der Waals surface area contributed by atoms with Crippen LogP contribution in [0.5, 0.6) is 0 Å². The minimum absolute atomic E-state index is 0.225. The van der Waals surface area contributed by atoms with Crippen LogP contribution in [0.2, 0.25) is 10.2 Å². The van der Waals surface area contributed by atoms with Gasteiger partial charge in [-0.2, -0.15) is 0 Å². The van der Waals surface area contributed by atoms with Gasteiger partial charge in [0.15, 0.2) is 5.22 Å². The number of nitrogens with one attached hydrogen (secondary N) is 1. The summed E-state index contributed by atoms with van der Waals surface area (Å²) in [5.41, 5.74) is 0.902. The molecule has 86 valence electrons. The van der Waals surface area contributed by atoms with Crippen LogP contribution in [-0.2, 0) is 0 Å². The molecule has 6 heteroatoms. The van der Waals surface area contributed by atoms with Crippen molar-refractivity contribution in [3.8, 4) is 5.88 Å². The number of H-pyrrole nitrogens is 1. The van der Waals surface area contributed by atoms with Crippen LogP contribution in [0, 0.1) is 0 Å². The van der Waals surface area contributed by atoms with Gasteiger partial charge in [-0.05, 0) is 29.8 Å². The zero-order chi connectivity index (χ0) is 12.0. The van der Waals surface area contributed by atoms with Crippen LogP contribution in [0.1, 0.15) is 0 Å². The molecule has 0 aliphatic heterocycles. The zero-order valence-corrected chi connectivity index (χ0v) is 9.92. The average molecular weight is 269 g/mol. The maximum atomic E-state index is 11.8. The third-order valence-electron chi connectivity index (χ3n) is 2.45. The minimum Gasteiger partial charge on any atom is -0.428 e. The van der Waals surface area contributed by atoms with Crippen LogP contribution < -0.4 is 5.69 Å². The lowest BCUT2D eigenvalue weighted by molar-refractivity contribution is 0.540. The second-order valence-electron chi connectivity index (χ2n) is 3.48. The second-order valence-corrected chi connectivity index (χ2v) is 4.26. The zero-order valence-electron chi connectivity index (χ0n) is 8.41. The van der Waals surface area contributed by atoms with E-state index in [9.17, 15) is 4.79 Å². The van der Waals surface area contributed by atoms with E-state index in [1.807, 2.05) is 0 Å². The first-order valence-corrected chi connectivity index (χ1v) is 5.57. The number of halogens is 2. The Balaban J connectivity index is 2.40. The Hall–Kier alpha value is -1.65. The first kappa shape index (κ1) is 10.5. The van der Waals surface area contributed by atoms with Crippen molar-refractivity contribution in [3.63, 3.8) is 0 Å². The average Bonchev–Trinajstić information content (AvgIpc) is 2.82. The van der Waals surface area contributed by atoms with Crippen LogP contribution >= 0.6 is 23.2 Å². The summed E-state index contributed by atoms with van der Waals surface area (Å²) < 4.78 is 6.60. The van der Waals surface area contributed by atoms with Gasteiger partial charge in [-0.1, -0.05) is 17.7 Å². The number of benzene rings is 1. The number of imidazole rings is 1. The van der Waals surface area contributed by atoms with E-state index in [4.69, 9.17) is 27.6 Å². The van der Waals surface area contributed by atoms with Crippen molar-refractivity contribution in [2.24, 2.45) is 0 Å². The third-order valence-corrected chi connectivity index (χ3v) is 2.97. The summed E-state index contributed by atoms with van der Waals surface area (Å²) in [7, 11) is 0. The molecule has 0 aliphatic rings. The smallest absolute Gasteiger partial charge is 0.333 e. The van der Waals surface area contributed by atoms with Crippen LogP contribution in [0.4, 0.5) is 0 Å². The number of hydrogen-bond donors (Lipinski definition) is 1. The standard InChI is InChI=1S/C11H6Cl2N2O2/c12-6-2-1-3-7-10(6)14-11(16)15(7)9-5-4-8(13)17-9/h1-5H,(H,14,16). The molecule has 1 N–H and O–H groups in total. The number of rotatable bonds is 1. The lowest BCUT2D eigenvalue weighted by Crippen LogP contribution is -2.13. The highest BCUT2D eigenvalue weighted by Gasteiger charge is 2.13. The van der Waals surface area contributed by atoms with Crippen LogP contribution in [0.3, 0.4) is 0 Å². The fraction of sp³-hybridized carbons (Fsp3) is 0. The first-order chi connectivity index (χ1) is 8.16. The van der Waals surface area contributed by atoms with Gasteiger partial charge in [-0.15, -0.1) is 0 Å². The van der Waals surface area contributed by atoms with E-state index in [0.29, 0.717) is 21.9 Å². The molecule has 4 nitrogen and oxygen atoms in total.